The van der Waals surface area contributed by atoms with E-state index < -0.39 is 24.0 Å². The average molecular weight is 470 g/mol. The van der Waals surface area contributed by atoms with Crippen LogP contribution in [0.4, 0.5) is 0 Å². The number of fused-ring (bicyclic) bond motifs is 1. The Morgan fingerprint density at radius 2 is 1.15 bits per heavy atom. The van der Waals surface area contributed by atoms with E-state index in [1.165, 1.54) is 9.80 Å². The van der Waals surface area contributed by atoms with Crippen LogP contribution in [0.25, 0.3) is 10.8 Å². The minimum atomic E-state index is -1.00. The van der Waals surface area contributed by atoms with E-state index in [0.717, 1.165) is 10.8 Å². The van der Waals surface area contributed by atoms with Crippen LogP contribution in [0.5, 0.6) is 11.5 Å². The quantitative estimate of drug-likeness (QED) is 0.596. The van der Waals surface area contributed by atoms with E-state index in [4.69, 9.17) is 9.47 Å². The Kier molecular flexibility index (Phi) is 6.85. The third kappa shape index (κ3) is 5.05. The molecule has 2 N–H and O–H groups in total. The number of rotatable bonds is 8. The molecule has 2 atom stereocenters. The monoisotopic (exact) mass is 470 g/mol. The summed E-state index contributed by atoms with van der Waals surface area (Å²) >= 11 is 0. The Bertz CT molecular complexity index is 1030. The molecule has 0 aromatic heterocycles. The number of aliphatic carboxylic acids is 2. The van der Waals surface area contributed by atoms with Gasteiger partial charge in [0.15, 0.2) is 13.2 Å². The number of carboxylic acids is 2. The first-order chi connectivity index (χ1) is 16.3. The molecule has 0 saturated carbocycles. The number of hydrogen-bond donors (Lipinski definition) is 2. The topological polar surface area (TPSA) is 134 Å². The Morgan fingerprint density at radius 3 is 1.53 bits per heavy atom. The van der Waals surface area contributed by atoms with Crippen LogP contribution in [0, 0.1) is 0 Å². The summed E-state index contributed by atoms with van der Waals surface area (Å²) < 4.78 is 11.2. The van der Waals surface area contributed by atoms with Crippen LogP contribution in [0.1, 0.15) is 25.7 Å². The molecule has 10 nitrogen and oxygen atoms in total. The molecule has 2 aliphatic rings. The number of nitrogens with zero attached hydrogens (tertiary/aromatic N) is 2. The molecule has 2 aromatic rings. The standard InChI is InChI=1S/C24H26N2O8/c27-21(25-9-1-3-19(25)23(29)30)13-33-17-7-5-16-12-18(8-6-15(16)11-17)34-14-22(28)26-10-2-4-20(26)24(31)32/h5-8,11-12,19-20H,1-4,9-10,13-14H2,(H,29,30)(H,31,32)/t19-,20-/m1/s1. The number of carbonyl (C=O) groups is 4. The van der Waals surface area contributed by atoms with Gasteiger partial charge in [0.05, 0.1) is 0 Å². The van der Waals surface area contributed by atoms with E-state index in [0.29, 0.717) is 50.3 Å². The second kappa shape index (κ2) is 9.98. The lowest BCUT2D eigenvalue weighted by molar-refractivity contribution is -0.149. The van der Waals surface area contributed by atoms with Gasteiger partial charge >= 0.3 is 11.9 Å². The average Bonchev–Trinajstić information content (AvgIpc) is 3.51. The Morgan fingerprint density at radius 1 is 0.735 bits per heavy atom. The third-order valence-corrected chi connectivity index (χ3v) is 6.22. The van der Waals surface area contributed by atoms with Crippen LogP contribution in [0.15, 0.2) is 36.4 Å². The van der Waals surface area contributed by atoms with Crippen molar-refractivity contribution in [2.24, 2.45) is 0 Å². The highest BCUT2D eigenvalue weighted by Crippen LogP contribution is 2.26. The van der Waals surface area contributed by atoms with Gasteiger partial charge in [-0.3, -0.25) is 9.59 Å². The predicted molar refractivity (Wildman–Crippen MR) is 120 cm³/mol. The second-order valence-corrected chi connectivity index (χ2v) is 8.41. The van der Waals surface area contributed by atoms with E-state index in [2.05, 4.69) is 0 Å². The van der Waals surface area contributed by atoms with Crippen molar-refractivity contribution in [3.05, 3.63) is 36.4 Å². The maximum Gasteiger partial charge on any atom is 0.326 e. The van der Waals surface area contributed by atoms with E-state index >= 15 is 0 Å². The first kappa shape index (κ1) is 23.3. The van der Waals surface area contributed by atoms with Gasteiger partial charge in [0.25, 0.3) is 11.8 Å². The highest BCUT2D eigenvalue weighted by Gasteiger charge is 2.35. The molecular weight excluding hydrogens is 444 g/mol. The molecule has 2 fully saturated rings. The van der Waals surface area contributed by atoms with Gasteiger partial charge < -0.3 is 29.5 Å². The molecule has 0 aliphatic carbocycles. The van der Waals surface area contributed by atoms with Crippen molar-refractivity contribution in [3.8, 4) is 11.5 Å². The Balaban J connectivity index is 1.34. The molecule has 0 radical (unpaired) electrons. The normalized spacial score (nSPS) is 19.9. The number of amides is 2. The summed E-state index contributed by atoms with van der Waals surface area (Å²) in [7, 11) is 0. The van der Waals surface area contributed by atoms with Crippen LogP contribution >= 0.6 is 0 Å². The zero-order valence-corrected chi connectivity index (χ0v) is 18.5. The molecule has 2 saturated heterocycles. The van der Waals surface area contributed by atoms with Crippen LogP contribution in [-0.4, -0.2) is 82.2 Å². The zero-order valence-electron chi connectivity index (χ0n) is 18.5. The highest BCUT2D eigenvalue weighted by molar-refractivity contribution is 5.87. The van der Waals surface area contributed by atoms with Crippen molar-refractivity contribution >= 4 is 34.5 Å². The lowest BCUT2D eigenvalue weighted by atomic mass is 10.1. The molecule has 0 unspecified atom stereocenters. The van der Waals surface area contributed by atoms with Crippen molar-refractivity contribution in [2.75, 3.05) is 26.3 Å². The summed E-state index contributed by atoms with van der Waals surface area (Å²) in [5.74, 6) is -1.77. The Hall–Kier alpha value is -3.82. The largest absolute Gasteiger partial charge is 0.484 e. The summed E-state index contributed by atoms with van der Waals surface area (Å²) in [6.07, 6.45) is 2.22. The molecule has 4 rings (SSSR count). The van der Waals surface area contributed by atoms with Crippen molar-refractivity contribution in [2.45, 2.75) is 37.8 Å². The fourth-order valence-electron chi connectivity index (χ4n) is 4.48. The minimum absolute atomic E-state index is 0.244. The number of carbonyl (C=O) groups excluding carboxylic acids is 2. The van der Waals surface area contributed by atoms with Crippen molar-refractivity contribution < 1.29 is 38.9 Å². The molecule has 0 bridgehead atoms. The molecule has 2 amide bonds. The van der Waals surface area contributed by atoms with E-state index in [1.54, 1.807) is 36.4 Å². The van der Waals surface area contributed by atoms with Crippen LogP contribution in [0.3, 0.4) is 0 Å². The number of ether oxygens (including phenoxy) is 2. The van der Waals surface area contributed by atoms with Gasteiger partial charge in [-0.15, -0.1) is 0 Å². The molecule has 180 valence electrons. The molecular formula is C24H26N2O8. The molecule has 0 spiro atoms. The van der Waals surface area contributed by atoms with Crippen molar-refractivity contribution in [3.63, 3.8) is 0 Å². The summed E-state index contributed by atoms with van der Waals surface area (Å²) in [5, 5.41) is 20.1. The zero-order chi connectivity index (χ0) is 24.2. The summed E-state index contributed by atoms with van der Waals surface area (Å²) in [5.41, 5.74) is 0. The SMILES string of the molecule is O=C(O)[C@H]1CCCN1C(=O)COc1ccc2cc(OCC(=O)N3CCC[C@@H]3C(=O)O)ccc2c1. The molecule has 2 aromatic carbocycles. The van der Waals surface area contributed by atoms with Crippen molar-refractivity contribution in [1.82, 2.24) is 9.80 Å². The van der Waals surface area contributed by atoms with Gasteiger partial charge in [-0.25, -0.2) is 9.59 Å². The van der Waals surface area contributed by atoms with E-state index in [9.17, 15) is 29.4 Å². The van der Waals surface area contributed by atoms with Gasteiger partial charge in [0.1, 0.15) is 23.6 Å². The van der Waals surface area contributed by atoms with Crippen LogP contribution in [0.2, 0.25) is 0 Å². The number of hydrogen-bond acceptors (Lipinski definition) is 6. The Labute approximate surface area is 195 Å². The van der Waals surface area contributed by atoms with Gasteiger partial charge in [-0.2, -0.15) is 0 Å². The smallest absolute Gasteiger partial charge is 0.326 e. The molecule has 34 heavy (non-hydrogen) atoms. The fraction of sp³-hybridized carbons (Fsp3) is 0.417. The van der Waals surface area contributed by atoms with Gasteiger partial charge in [0, 0.05) is 13.1 Å². The van der Waals surface area contributed by atoms with Gasteiger partial charge in [0.2, 0.25) is 0 Å². The lowest BCUT2D eigenvalue weighted by Crippen LogP contribution is -2.42. The first-order valence-corrected chi connectivity index (χ1v) is 11.2. The van der Waals surface area contributed by atoms with Crippen LogP contribution < -0.4 is 9.47 Å². The summed E-state index contributed by atoms with van der Waals surface area (Å²) in [4.78, 5) is 50.0. The summed E-state index contributed by atoms with van der Waals surface area (Å²) in [6, 6.07) is 8.92. The molecule has 10 heteroatoms. The van der Waals surface area contributed by atoms with Gasteiger partial charge in [-0.05, 0) is 60.7 Å². The minimum Gasteiger partial charge on any atom is -0.484 e. The second-order valence-electron chi connectivity index (χ2n) is 8.41. The highest BCUT2D eigenvalue weighted by atomic mass is 16.5. The molecule has 2 aliphatic heterocycles. The third-order valence-electron chi connectivity index (χ3n) is 6.22. The van der Waals surface area contributed by atoms with E-state index in [1.807, 2.05) is 0 Å². The maximum atomic E-state index is 12.4. The van der Waals surface area contributed by atoms with Gasteiger partial charge in [-0.1, -0.05) is 12.1 Å². The maximum absolute atomic E-state index is 12.4. The lowest BCUT2D eigenvalue weighted by Gasteiger charge is -2.21. The number of carboxylic acid groups (broad SMARTS) is 2. The van der Waals surface area contributed by atoms with Crippen molar-refractivity contribution in [1.29, 1.82) is 0 Å². The van der Waals surface area contributed by atoms with Crippen LogP contribution in [-0.2, 0) is 19.2 Å². The molecule has 2 heterocycles. The fourth-order valence-corrected chi connectivity index (χ4v) is 4.48. The number of benzene rings is 2. The summed E-state index contributed by atoms with van der Waals surface area (Å²) in [6.45, 7) is 0.340. The first-order valence-electron chi connectivity index (χ1n) is 11.2. The number of likely N-dealkylation sites (tertiary alicyclic amines) is 2. The predicted octanol–water partition coefficient (Wildman–Crippen LogP) is 1.75. The van der Waals surface area contributed by atoms with E-state index in [-0.39, 0.29) is 25.0 Å².